The van der Waals surface area contributed by atoms with Crippen LogP contribution >= 0.6 is 0 Å². The number of ether oxygens (including phenoxy) is 1. The van der Waals surface area contributed by atoms with E-state index >= 15 is 0 Å². The minimum absolute atomic E-state index is 0.0244. The van der Waals surface area contributed by atoms with E-state index in [2.05, 4.69) is 80.0 Å². The van der Waals surface area contributed by atoms with Gasteiger partial charge in [0, 0.05) is 0 Å². The molecule has 0 unspecified atom stereocenters. The highest BCUT2D eigenvalue weighted by atomic mass is 28.4. The van der Waals surface area contributed by atoms with E-state index in [9.17, 15) is 9.90 Å². The average molecular weight is 646 g/mol. The predicted molar refractivity (Wildman–Crippen MR) is 190 cm³/mol. The first-order valence-corrected chi connectivity index (χ1v) is 23.4. The van der Waals surface area contributed by atoms with E-state index < -0.39 is 40.5 Å². The molecule has 8 heteroatoms. The first-order valence-electron chi connectivity index (χ1n) is 17.5. The van der Waals surface area contributed by atoms with Gasteiger partial charge >= 0.3 is 6.09 Å². The number of hydrogen-bond donors (Lipinski definition) is 2. The van der Waals surface area contributed by atoms with E-state index in [-0.39, 0.29) is 22.8 Å². The lowest BCUT2D eigenvalue weighted by atomic mass is 9.99. The van der Waals surface area contributed by atoms with Crippen LogP contribution in [0.25, 0.3) is 0 Å². The van der Waals surface area contributed by atoms with E-state index in [4.69, 9.17) is 13.6 Å². The van der Waals surface area contributed by atoms with Crippen LogP contribution in [0.15, 0.2) is 0 Å². The van der Waals surface area contributed by atoms with Gasteiger partial charge in [0.15, 0.2) is 16.6 Å². The van der Waals surface area contributed by atoms with Gasteiger partial charge in [0.05, 0.1) is 24.9 Å². The molecule has 0 saturated heterocycles. The van der Waals surface area contributed by atoms with Crippen LogP contribution in [-0.2, 0) is 13.6 Å². The Hall–Kier alpha value is -0.416. The van der Waals surface area contributed by atoms with Crippen molar-refractivity contribution >= 4 is 22.7 Å². The van der Waals surface area contributed by atoms with E-state index in [1.165, 1.54) is 64.2 Å². The highest BCUT2D eigenvalue weighted by molar-refractivity contribution is 6.74. The van der Waals surface area contributed by atoms with Crippen molar-refractivity contribution in [1.29, 1.82) is 0 Å². The summed E-state index contributed by atoms with van der Waals surface area (Å²) in [7, 11) is -4.46. The zero-order valence-electron chi connectivity index (χ0n) is 31.2. The Bertz CT molecular complexity index is 753. The standard InChI is InChI=1S/C35H75NO5Si2/c1-15-16-17-18-19-20-21-22-23-24-25-26-27-30(40-42(11,12)34(5,6)7)31(41-43(13,14)35(8,9)10)29(28-37)36-32(38)39-33(2,3)4/h29-31,37H,15-28H2,1-14H3,(H,36,38)/t29-,30+,31-/m0/s1. The van der Waals surface area contributed by atoms with Gasteiger partial charge in [0.25, 0.3) is 0 Å². The Morgan fingerprint density at radius 3 is 1.44 bits per heavy atom. The highest BCUT2D eigenvalue weighted by Crippen LogP contribution is 2.41. The third kappa shape index (κ3) is 17.8. The van der Waals surface area contributed by atoms with Gasteiger partial charge in [-0.15, -0.1) is 0 Å². The van der Waals surface area contributed by atoms with Crippen LogP contribution in [0.5, 0.6) is 0 Å². The van der Waals surface area contributed by atoms with Crippen LogP contribution in [0.1, 0.15) is 153 Å². The second-order valence-electron chi connectivity index (χ2n) is 16.9. The van der Waals surface area contributed by atoms with Gasteiger partial charge in [0.2, 0.25) is 0 Å². The molecular formula is C35H75NO5Si2. The van der Waals surface area contributed by atoms with Crippen LogP contribution in [0.4, 0.5) is 4.79 Å². The summed E-state index contributed by atoms with van der Waals surface area (Å²) in [6.45, 7) is 30.0. The van der Waals surface area contributed by atoms with Gasteiger partial charge < -0.3 is 24.0 Å². The molecule has 0 rings (SSSR count). The minimum atomic E-state index is -2.28. The number of unbranched alkanes of at least 4 members (excludes halogenated alkanes) is 11. The van der Waals surface area contributed by atoms with E-state index in [1.54, 1.807) is 0 Å². The maximum Gasteiger partial charge on any atom is 0.408 e. The number of nitrogens with one attached hydrogen (secondary N) is 1. The van der Waals surface area contributed by atoms with Crippen molar-refractivity contribution < 1.29 is 23.5 Å². The second kappa shape index (κ2) is 19.3. The van der Waals surface area contributed by atoms with Crippen molar-refractivity contribution in [3.05, 3.63) is 0 Å². The summed E-state index contributed by atoms with van der Waals surface area (Å²) in [6, 6.07) is -0.629. The summed E-state index contributed by atoms with van der Waals surface area (Å²) in [5.41, 5.74) is -0.633. The minimum Gasteiger partial charge on any atom is -0.444 e. The molecule has 6 nitrogen and oxygen atoms in total. The molecule has 43 heavy (non-hydrogen) atoms. The topological polar surface area (TPSA) is 77.0 Å². The molecule has 0 aliphatic heterocycles. The zero-order valence-corrected chi connectivity index (χ0v) is 33.2. The SMILES string of the molecule is CCCCCCCCCCCCCC[C@@H](O[Si](C)(C)C(C)(C)C)[C@@H](O[Si](C)(C)C(C)(C)C)[C@H](CO)NC(=O)OC(C)(C)C. The summed E-state index contributed by atoms with van der Waals surface area (Å²) in [6.07, 6.45) is 15.2. The molecule has 3 atom stereocenters. The highest BCUT2D eigenvalue weighted by Gasteiger charge is 2.47. The number of alkyl carbamates (subject to hydrolysis) is 1. The van der Waals surface area contributed by atoms with E-state index in [1.807, 2.05) is 20.8 Å². The number of aliphatic hydroxyl groups excluding tert-OH is 1. The quantitative estimate of drug-likeness (QED) is 0.0959. The van der Waals surface area contributed by atoms with Crippen LogP contribution in [0, 0.1) is 0 Å². The van der Waals surface area contributed by atoms with Crippen molar-refractivity contribution in [2.45, 2.75) is 213 Å². The first-order chi connectivity index (χ1) is 19.6. The number of amides is 1. The Balaban J connectivity index is 5.76. The fraction of sp³-hybridized carbons (Fsp3) is 0.971. The van der Waals surface area contributed by atoms with Gasteiger partial charge in [-0.2, -0.15) is 0 Å². The summed E-state index contributed by atoms with van der Waals surface area (Å²) in [5.74, 6) is 0. The normalized spacial score (nSPS) is 15.7. The number of rotatable bonds is 21. The molecule has 0 radical (unpaired) electrons. The van der Waals surface area contributed by atoms with Gasteiger partial charge in [-0.05, 0) is 63.5 Å². The molecule has 0 fully saturated rings. The molecule has 258 valence electrons. The van der Waals surface area contributed by atoms with Crippen LogP contribution in [-0.4, -0.2) is 58.3 Å². The number of hydrogen-bond acceptors (Lipinski definition) is 5. The van der Waals surface area contributed by atoms with Crippen molar-refractivity contribution in [1.82, 2.24) is 5.32 Å². The molecule has 0 saturated carbocycles. The summed E-state index contributed by atoms with van der Waals surface area (Å²) < 4.78 is 19.8. The molecule has 0 heterocycles. The Kier molecular flexibility index (Phi) is 19.1. The third-order valence-corrected chi connectivity index (χ3v) is 18.5. The van der Waals surface area contributed by atoms with Crippen LogP contribution in [0.2, 0.25) is 36.3 Å². The Morgan fingerprint density at radius 1 is 0.674 bits per heavy atom. The van der Waals surface area contributed by atoms with Crippen molar-refractivity contribution in [2.24, 2.45) is 0 Å². The molecule has 1 amide bonds. The van der Waals surface area contributed by atoms with Gasteiger partial charge in [-0.3, -0.25) is 0 Å². The molecule has 0 aromatic heterocycles. The zero-order chi connectivity index (χ0) is 33.5. The summed E-state index contributed by atoms with van der Waals surface area (Å²) in [4.78, 5) is 12.9. The van der Waals surface area contributed by atoms with Crippen molar-refractivity contribution in [2.75, 3.05) is 6.61 Å². The predicted octanol–water partition coefficient (Wildman–Crippen LogP) is 10.7. The Morgan fingerprint density at radius 2 is 1.07 bits per heavy atom. The van der Waals surface area contributed by atoms with Crippen molar-refractivity contribution in [3.8, 4) is 0 Å². The number of aliphatic hydroxyl groups is 1. The van der Waals surface area contributed by atoms with Gasteiger partial charge in [-0.1, -0.05) is 126 Å². The van der Waals surface area contributed by atoms with Crippen LogP contribution < -0.4 is 5.32 Å². The molecular weight excluding hydrogens is 571 g/mol. The lowest BCUT2D eigenvalue weighted by Crippen LogP contribution is -2.60. The van der Waals surface area contributed by atoms with Gasteiger partial charge in [-0.25, -0.2) is 4.79 Å². The molecule has 0 aliphatic carbocycles. The number of carbonyl (C=O) groups is 1. The molecule has 0 aromatic carbocycles. The first kappa shape index (κ1) is 42.6. The third-order valence-electron chi connectivity index (χ3n) is 9.49. The lowest BCUT2D eigenvalue weighted by Gasteiger charge is -2.47. The van der Waals surface area contributed by atoms with E-state index in [0.717, 1.165) is 19.3 Å². The van der Waals surface area contributed by atoms with Crippen LogP contribution in [0.3, 0.4) is 0 Å². The average Bonchev–Trinajstić information content (AvgIpc) is 2.83. The van der Waals surface area contributed by atoms with Crippen molar-refractivity contribution in [3.63, 3.8) is 0 Å². The number of carbonyl (C=O) groups excluding carboxylic acids is 1. The summed E-state index contributed by atoms with van der Waals surface area (Å²) in [5, 5.41) is 13.6. The monoisotopic (exact) mass is 646 g/mol. The molecule has 0 spiro atoms. The van der Waals surface area contributed by atoms with E-state index in [0.29, 0.717) is 0 Å². The van der Waals surface area contributed by atoms with Gasteiger partial charge in [0.1, 0.15) is 5.60 Å². The maximum atomic E-state index is 12.9. The smallest absolute Gasteiger partial charge is 0.408 e. The largest absolute Gasteiger partial charge is 0.444 e. The second-order valence-corrected chi connectivity index (χ2v) is 26.4. The molecule has 0 aromatic rings. The molecule has 0 bridgehead atoms. The fourth-order valence-electron chi connectivity index (χ4n) is 4.66. The summed E-state index contributed by atoms with van der Waals surface area (Å²) >= 11 is 0. The molecule has 2 N–H and O–H groups in total. The Labute approximate surface area is 270 Å². The maximum absolute atomic E-state index is 12.9. The fourth-order valence-corrected chi connectivity index (χ4v) is 7.37. The molecule has 0 aliphatic rings. The lowest BCUT2D eigenvalue weighted by molar-refractivity contribution is -0.0121.